The minimum atomic E-state index is -4.44. The topological polar surface area (TPSA) is 137 Å². The second kappa shape index (κ2) is 12.7. The van der Waals surface area contributed by atoms with Crippen LogP contribution in [0.25, 0.3) is 0 Å². The molecule has 2 aliphatic carbocycles. The van der Waals surface area contributed by atoms with Gasteiger partial charge in [-0.1, -0.05) is 43.6 Å². The van der Waals surface area contributed by atoms with Crippen LogP contribution in [0.15, 0.2) is 35.9 Å². The predicted octanol–water partition coefficient (Wildman–Crippen LogP) is 7.28. The Morgan fingerprint density at radius 2 is 1.95 bits per heavy atom. The summed E-state index contributed by atoms with van der Waals surface area (Å²) >= 11 is 0. The Balaban J connectivity index is 0.00000481. The molecule has 0 aliphatic heterocycles. The standard InChI is InChI=1S/C28H41O7P.H3N/c1-7-8-9-10-21-16-24(29)26(23-15-20(6)11-12-22(23)18(2)3)25(17-21)33-27(30)28(13-14-28)35-36(31,32)34-19(4)5;/h15-17,19,22-23,29H,2,7-14H2,1,3-6H3,(H,31,32);1H3/t22-,23+;/m0./s1. The summed E-state index contributed by atoms with van der Waals surface area (Å²) in [6, 6.07) is 3.58. The highest BCUT2D eigenvalue weighted by molar-refractivity contribution is 7.47. The molecule has 1 fully saturated rings. The van der Waals surface area contributed by atoms with E-state index in [2.05, 4.69) is 26.5 Å². The summed E-state index contributed by atoms with van der Waals surface area (Å²) < 4.78 is 28.6. The Labute approximate surface area is 221 Å². The Bertz CT molecular complexity index is 1060. The van der Waals surface area contributed by atoms with Crippen LogP contribution in [-0.4, -0.2) is 27.7 Å². The molecule has 3 rings (SSSR count). The van der Waals surface area contributed by atoms with Crippen molar-refractivity contribution >= 4 is 13.8 Å². The molecule has 1 aromatic carbocycles. The first kappa shape index (κ1) is 31.3. The lowest BCUT2D eigenvalue weighted by molar-refractivity contribution is -0.145. The number of phenols is 1. The number of phenolic OH excluding ortho intramolecular Hbond substituents is 1. The molecule has 0 bridgehead atoms. The van der Waals surface area contributed by atoms with Gasteiger partial charge in [-0.05, 0) is 89.8 Å². The fourth-order valence-electron chi connectivity index (χ4n) is 4.86. The number of carbonyl (C=O) groups excluding carboxylic acids is 1. The number of hydrogen-bond donors (Lipinski definition) is 3. The zero-order valence-electron chi connectivity index (χ0n) is 22.9. The molecule has 1 saturated carbocycles. The molecule has 0 amide bonds. The van der Waals surface area contributed by atoms with Gasteiger partial charge < -0.3 is 20.9 Å². The van der Waals surface area contributed by atoms with Crippen molar-refractivity contribution in [2.45, 2.75) is 104 Å². The van der Waals surface area contributed by atoms with Crippen LogP contribution in [0.5, 0.6) is 11.5 Å². The van der Waals surface area contributed by atoms with Gasteiger partial charge in [0.2, 0.25) is 0 Å². The van der Waals surface area contributed by atoms with E-state index in [1.807, 2.05) is 13.0 Å². The van der Waals surface area contributed by atoms with E-state index in [0.717, 1.165) is 49.7 Å². The van der Waals surface area contributed by atoms with E-state index in [0.29, 0.717) is 5.56 Å². The number of allylic oxidation sites excluding steroid dienone is 3. The summed E-state index contributed by atoms with van der Waals surface area (Å²) in [5.74, 6) is -0.519. The Morgan fingerprint density at radius 3 is 2.51 bits per heavy atom. The number of hydrogen-bond acceptors (Lipinski definition) is 7. The van der Waals surface area contributed by atoms with Crippen LogP contribution in [0, 0.1) is 5.92 Å². The third-order valence-corrected chi connectivity index (χ3v) is 8.14. The van der Waals surface area contributed by atoms with Gasteiger partial charge in [-0.15, -0.1) is 0 Å². The Hall–Kier alpha value is -1.96. The summed E-state index contributed by atoms with van der Waals surface area (Å²) in [5.41, 5.74) is 2.08. The number of rotatable bonds is 12. The zero-order valence-corrected chi connectivity index (χ0v) is 23.8. The van der Waals surface area contributed by atoms with Gasteiger partial charge in [0.15, 0.2) is 5.60 Å². The highest BCUT2D eigenvalue weighted by Gasteiger charge is 2.58. The molecule has 208 valence electrons. The van der Waals surface area contributed by atoms with Crippen LogP contribution in [0.1, 0.15) is 96.6 Å². The van der Waals surface area contributed by atoms with Crippen molar-refractivity contribution in [1.82, 2.24) is 6.15 Å². The number of aromatic hydroxyl groups is 1. The second-order valence-electron chi connectivity index (χ2n) is 10.6. The van der Waals surface area contributed by atoms with E-state index in [9.17, 15) is 19.4 Å². The molecule has 0 aromatic heterocycles. The first-order valence-electron chi connectivity index (χ1n) is 13.0. The smallest absolute Gasteiger partial charge is 0.473 e. The number of esters is 1. The molecule has 0 saturated heterocycles. The molecule has 0 spiro atoms. The summed E-state index contributed by atoms with van der Waals surface area (Å²) in [7, 11) is -4.44. The number of phosphoric acid groups is 1. The van der Waals surface area contributed by atoms with E-state index in [-0.39, 0.29) is 42.3 Å². The van der Waals surface area contributed by atoms with Crippen LogP contribution in [0.3, 0.4) is 0 Å². The largest absolute Gasteiger partial charge is 0.507 e. The Morgan fingerprint density at radius 1 is 1.27 bits per heavy atom. The van der Waals surface area contributed by atoms with Crippen LogP contribution < -0.4 is 10.9 Å². The quantitative estimate of drug-likeness (QED) is 0.0831. The van der Waals surface area contributed by atoms with E-state index >= 15 is 0 Å². The highest BCUT2D eigenvalue weighted by atomic mass is 31.2. The molecule has 3 atom stereocenters. The molecule has 9 heteroatoms. The second-order valence-corrected chi connectivity index (χ2v) is 11.9. The van der Waals surface area contributed by atoms with Gasteiger partial charge in [0.05, 0.1) is 6.10 Å². The van der Waals surface area contributed by atoms with Crippen LogP contribution in [0.4, 0.5) is 0 Å². The molecule has 2 aliphatic rings. The van der Waals surface area contributed by atoms with Crippen molar-refractivity contribution < 1.29 is 33.1 Å². The minimum Gasteiger partial charge on any atom is -0.507 e. The van der Waals surface area contributed by atoms with Crippen molar-refractivity contribution in [3.63, 3.8) is 0 Å². The monoisotopic (exact) mass is 537 g/mol. The normalized spacial score (nSPS) is 22.0. The molecule has 8 nitrogen and oxygen atoms in total. The average Bonchev–Trinajstić information content (AvgIpc) is 3.52. The van der Waals surface area contributed by atoms with Gasteiger partial charge in [-0.2, -0.15) is 0 Å². The third-order valence-electron chi connectivity index (χ3n) is 6.88. The van der Waals surface area contributed by atoms with Crippen molar-refractivity contribution in [3.8, 4) is 11.5 Å². The van der Waals surface area contributed by atoms with Gasteiger partial charge >= 0.3 is 13.8 Å². The molecular formula is C28H44NO7P. The van der Waals surface area contributed by atoms with E-state index in [1.54, 1.807) is 19.9 Å². The lowest BCUT2D eigenvalue weighted by atomic mass is 9.73. The lowest BCUT2D eigenvalue weighted by Crippen LogP contribution is -2.31. The molecule has 5 N–H and O–H groups in total. The maximum Gasteiger partial charge on any atom is 0.473 e. The number of carbonyl (C=O) groups is 1. The maximum absolute atomic E-state index is 13.3. The van der Waals surface area contributed by atoms with Crippen molar-refractivity contribution in [2.75, 3.05) is 0 Å². The van der Waals surface area contributed by atoms with Crippen molar-refractivity contribution in [1.29, 1.82) is 0 Å². The third kappa shape index (κ3) is 8.01. The van der Waals surface area contributed by atoms with E-state index in [4.69, 9.17) is 13.8 Å². The first-order valence-corrected chi connectivity index (χ1v) is 14.5. The van der Waals surface area contributed by atoms with Gasteiger partial charge in [-0.3, -0.25) is 9.05 Å². The molecule has 0 heterocycles. The fourth-order valence-corrected chi connectivity index (χ4v) is 6.14. The summed E-state index contributed by atoms with van der Waals surface area (Å²) in [6.45, 7) is 13.6. The summed E-state index contributed by atoms with van der Waals surface area (Å²) in [6.07, 6.45) is 7.73. The number of benzene rings is 1. The van der Waals surface area contributed by atoms with Crippen molar-refractivity contribution in [2.24, 2.45) is 5.92 Å². The zero-order chi connectivity index (χ0) is 26.7. The van der Waals surface area contributed by atoms with E-state index < -0.39 is 25.5 Å². The number of ether oxygens (including phenoxy) is 1. The lowest BCUT2D eigenvalue weighted by Gasteiger charge is -2.32. The maximum atomic E-state index is 13.3. The van der Waals surface area contributed by atoms with Gasteiger partial charge in [0.1, 0.15) is 11.5 Å². The van der Waals surface area contributed by atoms with Crippen LogP contribution in [0.2, 0.25) is 0 Å². The fraction of sp³-hybridized carbons (Fsp3) is 0.607. The molecule has 1 unspecified atom stereocenters. The summed E-state index contributed by atoms with van der Waals surface area (Å²) in [5, 5.41) is 11.2. The van der Waals surface area contributed by atoms with Crippen molar-refractivity contribution in [3.05, 3.63) is 47.1 Å². The number of unbranched alkanes of at least 4 members (excludes halogenated alkanes) is 2. The minimum absolute atomic E-state index is 0. The van der Waals surface area contributed by atoms with Crippen LogP contribution in [-0.2, 0) is 24.8 Å². The molecule has 1 aromatic rings. The summed E-state index contributed by atoms with van der Waals surface area (Å²) in [4.78, 5) is 23.4. The molecule has 0 radical (unpaired) electrons. The Kier molecular flexibility index (Phi) is 10.8. The number of phosphoric ester groups is 1. The number of aryl methyl sites for hydroxylation is 1. The van der Waals surface area contributed by atoms with Gasteiger partial charge in [0, 0.05) is 11.5 Å². The van der Waals surface area contributed by atoms with Gasteiger partial charge in [-0.25, -0.2) is 9.36 Å². The molecular weight excluding hydrogens is 493 g/mol. The average molecular weight is 538 g/mol. The highest BCUT2D eigenvalue weighted by Crippen LogP contribution is 2.57. The van der Waals surface area contributed by atoms with E-state index in [1.165, 1.54) is 5.57 Å². The van der Waals surface area contributed by atoms with Gasteiger partial charge in [0.25, 0.3) is 0 Å². The predicted molar refractivity (Wildman–Crippen MR) is 145 cm³/mol. The first-order chi connectivity index (χ1) is 16.9. The molecule has 37 heavy (non-hydrogen) atoms. The van der Waals surface area contributed by atoms with Crippen LogP contribution >= 0.6 is 7.82 Å². The SMILES string of the molecule is C=C(C)[C@@H]1CCC(C)=C[C@H]1c1c(O)cc(CCCCC)cc1OC(=O)C1(OP(=O)(O)OC(C)C)CC1.N.